The molecule has 0 spiro atoms. The third-order valence-corrected chi connectivity index (χ3v) is 2.88. The van der Waals surface area contributed by atoms with Gasteiger partial charge in [-0.1, -0.05) is 18.5 Å². The van der Waals surface area contributed by atoms with E-state index in [1.165, 1.54) is 7.11 Å². The lowest BCUT2D eigenvalue weighted by atomic mass is 10.1. The maximum absolute atomic E-state index is 11.4. The van der Waals surface area contributed by atoms with Gasteiger partial charge in [-0.2, -0.15) is 0 Å². The molecule has 0 bridgehead atoms. The summed E-state index contributed by atoms with van der Waals surface area (Å²) in [7, 11) is 1.37. The normalized spacial score (nSPS) is 10.0. The zero-order chi connectivity index (χ0) is 10.7. The predicted molar refractivity (Wildman–Crippen MR) is 64.9 cm³/mol. The van der Waals surface area contributed by atoms with E-state index in [0.717, 1.165) is 15.6 Å². The molecule has 0 heterocycles. The van der Waals surface area contributed by atoms with Crippen LogP contribution in [0.5, 0.6) is 0 Å². The van der Waals surface area contributed by atoms with Gasteiger partial charge < -0.3 is 4.74 Å². The van der Waals surface area contributed by atoms with Crippen LogP contribution in [-0.4, -0.2) is 13.1 Å². The molecule has 0 aliphatic rings. The molecule has 0 aromatic heterocycles. The molecule has 0 saturated carbocycles. The number of ether oxygens (including phenoxy) is 1. The van der Waals surface area contributed by atoms with Crippen molar-refractivity contribution in [2.75, 3.05) is 7.11 Å². The Labute approximate surface area is 102 Å². The number of rotatable bonds is 2. The van der Waals surface area contributed by atoms with Crippen LogP contribution >= 0.6 is 34.2 Å². The van der Waals surface area contributed by atoms with Crippen LogP contribution in [-0.2, 0) is 11.2 Å². The van der Waals surface area contributed by atoms with E-state index in [-0.39, 0.29) is 5.97 Å². The molecule has 0 N–H and O–H groups in total. The second-order valence-electron chi connectivity index (χ2n) is 2.76. The second kappa shape index (κ2) is 4.98. The van der Waals surface area contributed by atoms with E-state index in [4.69, 9.17) is 11.6 Å². The Kier molecular flexibility index (Phi) is 4.19. The van der Waals surface area contributed by atoms with Gasteiger partial charge in [0.25, 0.3) is 0 Å². The summed E-state index contributed by atoms with van der Waals surface area (Å²) < 4.78 is 5.62. The molecule has 0 fully saturated rings. The Balaban J connectivity index is 3.32. The van der Waals surface area contributed by atoms with E-state index in [1.807, 2.05) is 13.0 Å². The molecule has 0 aliphatic carbocycles. The topological polar surface area (TPSA) is 26.3 Å². The van der Waals surface area contributed by atoms with E-state index in [2.05, 4.69) is 27.3 Å². The highest BCUT2D eigenvalue weighted by molar-refractivity contribution is 14.1. The molecule has 14 heavy (non-hydrogen) atoms. The largest absolute Gasteiger partial charge is 0.465 e. The van der Waals surface area contributed by atoms with Crippen molar-refractivity contribution in [2.24, 2.45) is 0 Å². The van der Waals surface area contributed by atoms with Gasteiger partial charge in [-0.3, -0.25) is 0 Å². The molecular formula is C10H10ClIO2. The summed E-state index contributed by atoms with van der Waals surface area (Å²) >= 11 is 8.14. The minimum absolute atomic E-state index is 0.331. The summed E-state index contributed by atoms with van der Waals surface area (Å²) in [5, 5.41) is 0.625. The van der Waals surface area contributed by atoms with Gasteiger partial charge in [-0.15, -0.1) is 0 Å². The van der Waals surface area contributed by atoms with Crippen LogP contribution in [0.25, 0.3) is 0 Å². The van der Waals surface area contributed by atoms with Gasteiger partial charge in [0.2, 0.25) is 0 Å². The van der Waals surface area contributed by atoms with Gasteiger partial charge in [0.15, 0.2) is 0 Å². The third-order valence-electron chi connectivity index (χ3n) is 1.92. The molecule has 0 radical (unpaired) electrons. The minimum atomic E-state index is -0.331. The highest BCUT2D eigenvalue weighted by atomic mass is 127. The highest BCUT2D eigenvalue weighted by Crippen LogP contribution is 2.24. The van der Waals surface area contributed by atoms with Crippen LogP contribution in [0.3, 0.4) is 0 Å². The van der Waals surface area contributed by atoms with Crippen LogP contribution in [0, 0.1) is 3.57 Å². The molecule has 2 nitrogen and oxygen atoms in total. The summed E-state index contributed by atoms with van der Waals surface area (Å²) in [6, 6.07) is 3.63. The number of carbonyl (C=O) groups excluding carboxylic acids is 1. The summed E-state index contributed by atoms with van der Waals surface area (Å²) in [6.07, 6.45) is 0.722. The van der Waals surface area contributed by atoms with E-state index in [1.54, 1.807) is 6.07 Å². The highest BCUT2D eigenvalue weighted by Gasteiger charge is 2.14. The van der Waals surface area contributed by atoms with Crippen molar-refractivity contribution in [3.8, 4) is 0 Å². The SMILES string of the molecule is CCc1c(Cl)cc(I)cc1C(=O)OC. The monoisotopic (exact) mass is 324 g/mol. The molecular weight excluding hydrogens is 314 g/mol. The lowest BCUT2D eigenvalue weighted by Gasteiger charge is -2.08. The summed E-state index contributed by atoms with van der Waals surface area (Å²) in [5.74, 6) is -0.331. The van der Waals surface area contributed by atoms with Gasteiger partial charge in [0.1, 0.15) is 0 Å². The fourth-order valence-electron chi connectivity index (χ4n) is 1.25. The maximum Gasteiger partial charge on any atom is 0.338 e. The first-order chi connectivity index (χ1) is 6.60. The van der Waals surface area contributed by atoms with Gasteiger partial charge in [-0.05, 0) is 46.7 Å². The fraction of sp³-hybridized carbons (Fsp3) is 0.300. The van der Waals surface area contributed by atoms with Crippen LogP contribution in [0.1, 0.15) is 22.8 Å². The van der Waals surface area contributed by atoms with Crippen LogP contribution in [0.15, 0.2) is 12.1 Å². The number of methoxy groups -OCH3 is 1. The van der Waals surface area contributed by atoms with Crippen molar-refractivity contribution >= 4 is 40.2 Å². The Bertz CT molecular complexity index is 363. The molecule has 1 aromatic rings. The first-order valence-electron chi connectivity index (χ1n) is 4.16. The third kappa shape index (κ3) is 2.39. The Hall–Kier alpha value is -0.290. The first-order valence-corrected chi connectivity index (χ1v) is 5.62. The van der Waals surface area contributed by atoms with Crippen molar-refractivity contribution in [1.29, 1.82) is 0 Å². The molecule has 76 valence electrons. The summed E-state index contributed by atoms with van der Waals surface area (Å²) in [6.45, 7) is 1.96. The number of hydrogen-bond donors (Lipinski definition) is 0. The van der Waals surface area contributed by atoms with E-state index >= 15 is 0 Å². The second-order valence-corrected chi connectivity index (χ2v) is 4.41. The van der Waals surface area contributed by atoms with Crippen molar-refractivity contribution in [3.63, 3.8) is 0 Å². The van der Waals surface area contributed by atoms with Gasteiger partial charge in [0, 0.05) is 8.59 Å². The summed E-state index contributed by atoms with van der Waals surface area (Å²) in [5.41, 5.74) is 1.41. The Morgan fingerprint density at radius 1 is 1.57 bits per heavy atom. The number of hydrogen-bond acceptors (Lipinski definition) is 2. The van der Waals surface area contributed by atoms with Gasteiger partial charge in [-0.25, -0.2) is 4.79 Å². The number of esters is 1. The van der Waals surface area contributed by atoms with E-state index in [9.17, 15) is 4.79 Å². The zero-order valence-corrected chi connectivity index (χ0v) is 10.8. The van der Waals surface area contributed by atoms with Crippen molar-refractivity contribution < 1.29 is 9.53 Å². The average Bonchev–Trinajstić information content (AvgIpc) is 2.15. The Morgan fingerprint density at radius 2 is 2.21 bits per heavy atom. The van der Waals surface area contributed by atoms with Crippen LogP contribution in [0.2, 0.25) is 5.02 Å². The molecule has 0 unspecified atom stereocenters. The molecule has 0 amide bonds. The quantitative estimate of drug-likeness (QED) is 0.616. The lowest BCUT2D eigenvalue weighted by Crippen LogP contribution is -2.06. The van der Waals surface area contributed by atoms with Crippen molar-refractivity contribution in [2.45, 2.75) is 13.3 Å². The predicted octanol–water partition coefficient (Wildman–Crippen LogP) is 3.29. The van der Waals surface area contributed by atoms with Gasteiger partial charge >= 0.3 is 5.97 Å². The first kappa shape index (κ1) is 11.8. The smallest absolute Gasteiger partial charge is 0.338 e. The van der Waals surface area contributed by atoms with Crippen LogP contribution in [0.4, 0.5) is 0 Å². The number of carbonyl (C=O) groups is 1. The molecule has 0 saturated heterocycles. The number of benzene rings is 1. The molecule has 0 aliphatic heterocycles. The Morgan fingerprint density at radius 3 is 2.71 bits per heavy atom. The molecule has 0 atom stereocenters. The molecule has 1 rings (SSSR count). The zero-order valence-electron chi connectivity index (χ0n) is 7.93. The molecule has 1 aromatic carbocycles. The van der Waals surface area contributed by atoms with Crippen LogP contribution < -0.4 is 0 Å². The standard InChI is InChI=1S/C10H10ClIO2/c1-3-7-8(10(13)14-2)4-6(12)5-9(7)11/h4-5H,3H2,1-2H3. The molecule has 4 heteroatoms. The maximum atomic E-state index is 11.4. The van der Waals surface area contributed by atoms with Crippen molar-refractivity contribution in [3.05, 3.63) is 31.9 Å². The van der Waals surface area contributed by atoms with E-state index < -0.39 is 0 Å². The van der Waals surface area contributed by atoms with E-state index in [0.29, 0.717) is 10.6 Å². The number of halogens is 2. The van der Waals surface area contributed by atoms with Crippen molar-refractivity contribution in [1.82, 2.24) is 0 Å². The fourth-order valence-corrected chi connectivity index (χ4v) is 2.41. The lowest BCUT2D eigenvalue weighted by molar-refractivity contribution is 0.0599. The minimum Gasteiger partial charge on any atom is -0.465 e. The summed E-state index contributed by atoms with van der Waals surface area (Å²) in [4.78, 5) is 11.4. The van der Waals surface area contributed by atoms with Gasteiger partial charge in [0.05, 0.1) is 12.7 Å². The average molecular weight is 325 g/mol.